The molecule has 0 radical (unpaired) electrons. The van der Waals surface area contributed by atoms with E-state index in [9.17, 15) is 4.79 Å². The highest BCUT2D eigenvalue weighted by Gasteiger charge is 2.23. The van der Waals surface area contributed by atoms with E-state index in [1.165, 1.54) is 6.08 Å². The van der Waals surface area contributed by atoms with Crippen LogP contribution in [0, 0.1) is 0 Å². The smallest absolute Gasteiger partial charge is 0.330 e. The van der Waals surface area contributed by atoms with Crippen LogP contribution in [0.5, 0.6) is 0 Å². The van der Waals surface area contributed by atoms with Gasteiger partial charge in [0.05, 0.1) is 6.61 Å². The van der Waals surface area contributed by atoms with Gasteiger partial charge in [0.2, 0.25) is 0 Å². The fraction of sp³-hybridized carbons (Fsp3) is 0.727. The van der Waals surface area contributed by atoms with Gasteiger partial charge in [-0.2, -0.15) is 0 Å². The highest BCUT2D eigenvalue weighted by molar-refractivity contribution is 5.81. The molecule has 0 aromatic carbocycles. The van der Waals surface area contributed by atoms with Crippen molar-refractivity contribution in [2.45, 2.75) is 26.9 Å². The summed E-state index contributed by atoms with van der Waals surface area (Å²) < 4.78 is 14.4. The van der Waals surface area contributed by atoms with Crippen molar-refractivity contribution < 1.29 is 19.0 Å². The maximum absolute atomic E-state index is 10.6. The van der Waals surface area contributed by atoms with Crippen molar-refractivity contribution in [2.24, 2.45) is 0 Å². The summed E-state index contributed by atoms with van der Waals surface area (Å²) in [5, 5.41) is 0. The van der Waals surface area contributed by atoms with Gasteiger partial charge in [-0.25, -0.2) is 4.79 Å². The number of allylic oxidation sites excluding steroid dienone is 1. The Morgan fingerprint density at radius 3 is 2.40 bits per heavy atom. The summed E-state index contributed by atoms with van der Waals surface area (Å²) >= 11 is 0. The zero-order valence-corrected chi connectivity index (χ0v) is 9.69. The third kappa shape index (κ3) is 11.1. The molecular formula is C11H20O4. The highest BCUT2D eigenvalue weighted by Crippen LogP contribution is 2.08. The average Bonchev–Trinajstić information content (AvgIpc) is 3.01. The van der Waals surface area contributed by atoms with Crippen molar-refractivity contribution in [2.75, 3.05) is 26.4 Å². The van der Waals surface area contributed by atoms with Crippen LogP contribution in [0.25, 0.3) is 0 Å². The second-order valence-electron chi connectivity index (χ2n) is 2.87. The van der Waals surface area contributed by atoms with E-state index >= 15 is 0 Å². The molecule has 1 unspecified atom stereocenters. The molecule has 0 bridgehead atoms. The second-order valence-corrected chi connectivity index (χ2v) is 2.87. The normalized spacial score (nSPS) is 18.2. The zero-order valence-electron chi connectivity index (χ0n) is 9.69. The van der Waals surface area contributed by atoms with Crippen LogP contribution in [0.15, 0.2) is 12.2 Å². The van der Waals surface area contributed by atoms with Gasteiger partial charge in [-0.3, -0.25) is 0 Å². The molecule has 1 heterocycles. The fourth-order valence-electron chi connectivity index (χ4n) is 0.728. The van der Waals surface area contributed by atoms with E-state index in [4.69, 9.17) is 14.2 Å². The molecule has 1 aliphatic heterocycles. The minimum atomic E-state index is -0.294. The molecule has 0 amide bonds. The monoisotopic (exact) mass is 216 g/mol. The summed E-state index contributed by atoms with van der Waals surface area (Å²) in [6.07, 6.45) is 3.20. The Hall–Kier alpha value is -0.870. The Kier molecular flexibility index (Phi) is 9.11. The highest BCUT2D eigenvalue weighted by atomic mass is 16.6. The largest absolute Gasteiger partial charge is 0.460 e. The van der Waals surface area contributed by atoms with Crippen molar-refractivity contribution in [3.8, 4) is 0 Å². The van der Waals surface area contributed by atoms with E-state index < -0.39 is 0 Å². The van der Waals surface area contributed by atoms with Crippen molar-refractivity contribution in [3.05, 3.63) is 12.2 Å². The number of esters is 1. The van der Waals surface area contributed by atoms with E-state index in [0.29, 0.717) is 6.61 Å². The van der Waals surface area contributed by atoms with Crippen molar-refractivity contribution >= 4 is 5.97 Å². The first kappa shape index (κ1) is 14.1. The van der Waals surface area contributed by atoms with Crippen molar-refractivity contribution in [1.29, 1.82) is 0 Å². The Bertz CT molecular complexity index is 183. The Balaban J connectivity index is 0.000000336. The van der Waals surface area contributed by atoms with Crippen molar-refractivity contribution in [3.63, 3.8) is 0 Å². The molecule has 1 atom stereocenters. The number of rotatable bonds is 5. The molecule has 1 rings (SSSR count). The molecule has 0 aromatic heterocycles. The molecule has 0 aliphatic carbocycles. The molecular weight excluding hydrogens is 196 g/mol. The van der Waals surface area contributed by atoms with Crippen LogP contribution in [0.2, 0.25) is 0 Å². The number of ether oxygens (including phenoxy) is 3. The Morgan fingerprint density at radius 1 is 1.47 bits per heavy atom. The van der Waals surface area contributed by atoms with Crippen LogP contribution in [0.3, 0.4) is 0 Å². The lowest BCUT2D eigenvalue weighted by atomic mass is 10.5. The van der Waals surface area contributed by atoms with Crippen LogP contribution in [-0.2, 0) is 19.0 Å². The summed E-state index contributed by atoms with van der Waals surface area (Å²) in [6.45, 7) is 8.56. The van der Waals surface area contributed by atoms with Gasteiger partial charge in [0, 0.05) is 19.3 Å². The first-order valence-electron chi connectivity index (χ1n) is 5.23. The predicted octanol–water partition coefficient (Wildman–Crippen LogP) is 1.55. The van der Waals surface area contributed by atoms with E-state index in [1.807, 2.05) is 13.8 Å². The van der Waals surface area contributed by atoms with Crippen LogP contribution >= 0.6 is 0 Å². The first-order valence-corrected chi connectivity index (χ1v) is 5.23. The summed E-state index contributed by atoms with van der Waals surface area (Å²) in [5.74, 6) is -0.294. The average molecular weight is 216 g/mol. The number of hydrogen-bond donors (Lipinski definition) is 0. The number of carbonyl (C=O) groups is 1. The molecule has 88 valence electrons. The van der Waals surface area contributed by atoms with Gasteiger partial charge < -0.3 is 14.2 Å². The molecule has 0 N–H and O–H groups in total. The lowest BCUT2D eigenvalue weighted by Gasteiger charge is -1.95. The van der Waals surface area contributed by atoms with Crippen LogP contribution in [-0.4, -0.2) is 38.5 Å². The maximum atomic E-state index is 10.6. The van der Waals surface area contributed by atoms with Gasteiger partial charge in [-0.1, -0.05) is 6.08 Å². The second kappa shape index (κ2) is 9.68. The summed E-state index contributed by atoms with van der Waals surface area (Å²) in [4.78, 5) is 10.6. The van der Waals surface area contributed by atoms with Crippen LogP contribution in [0.1, 0.15) is 20.8 Å². The van der Waals surface area contributed by atoms with Crippen molar-refractivity contribution in [1.82, 2.24) is 0 Å². The number of hydrogen-bond acceptors (Lipinski definition) is 4. The molecule has 0 spiro atoms. The lowest BCUT2D eigenvalue weighted by molar-refractivity contribution is -0.138. The molecule has 1 saturated heterocycles. The Labute approximate surface area is 91.2 Å². The molecule has 0 saturated carbocycles. The quantitative estimate of drug-likeness (QED) is 0.397. The minimum absolute atomic E-state index is 0.161. The summed E-state index contributed by atoms with van der Waals surface area (Å²) in [6, 6.07) is 0. The van der Waals surface area contributed by atoms with E-state index in [2.05, 4.69) is 0 Å². The number of epoxide rings is 1. The van der Waals surface area contributed by atoms with Crippen LogP contribution < -0.4 is 0 Å². The van der Waals surface area contributed by atoms with Gasteiger partial charge in [-0.15, -0.1) is 0 Å². The van der Waals surface area contributed by atoms with Gasteiger partial charge in [0.1, 0.15) is 12.7 Å². The molecule has 1 aliphatic rings. The predicted molar refractivity (Wildman–Crippen MR) is 57.7 cm³/mol. The lowest BCUT2D eigenvalue weighted by Crippen LogP contribution is -2.06. The maximum Gasteiger partial charge on any atom is 0.330 e. The van der Waals surface area contributed by atoms with E-state index in [-0.39, 0.29) is 12.1 Å². The van der Waals surface area contributed by atoms with Gasteiger partial charge >= 0.3 is 5.97 Å². The molecule has 1 fully saturated rings. The molecule has 15 heavy (non-hydrogen) atoms. The molecule has 4 heteroatoms. The SMILES string of the molecule is C/C=C/C(=O)OCC1CO1.CCOCC. The van der Waals surface area contributed by atoms with Gasteiger partial charge in [0.25, 0.3) is 0 Å². The minimum Gasteiger partial charge on any atom is -0.460 e. The third-order valence-corrected chi connectivity index (χ3v) is 1.52. The van der Waals surface area contributed by atoms with E-state index in [1.54, 1.807) is 13.0 Å². The first-order chi connectivity index (χ1) is 7.24. The topological polar surface area (TPSA) is 48.1 Å². The molecule has 4 nitrogen and oxygen atoms in total. The summed E-state index contributed by atoms with van der Waals surface area (Å²) in [7, 11) is 0. The standard InChI is InChI=1S/C7H10O3.C4H10O/c1-2-3-7(8)10-5-6-4-9-6;1-3-5-4-2/h2-3,6H,4-5H2,1H3;3-4H2,1-2H3/b3-2+;. The molecule has 0 aromatic rings. The zero-order chi connectivity index (χ0) is 11.5. The van der Waals surface area contributed by atoms with Gasteiger partial charge in [0.15, 0.2) is 0 Å². The van der Waals surface area contributed by atoms with E-state index in [0.717, 1.165) is 19.8 Å². The Morgan fingerprint density at radius 2 is 2.07 bits per heavy atom. The fourth-order valence-corrected chi connectivity index (χ4v) is 0.728. The third-order valence-electron chi connectivity index (χ3n) is 1.52. The van der Waals surface area contributed by atoms with Crippen LogP contribution in [0.4, 0.5) is 0 Å². The van der Waals surface area contributed by atoms with Gasteiger partial charge in [-0.05, 0) is 20.8 Å². The summed E-state index contributed by atoms with van der Waals surface area (Å²) in [5.41, 5.74) is 0. The number of carbonyl (C=O) groups excluding carboxylic acids is 1.